The number of amides is 2. The van der Waals surface area contributed by atoms with Crippen molar-refractivity contribution < 1.29 is 28.5 Å². The lowest BCUT2D eigenvalue weighted by molar-refractivity contribution is -0.189. The maximum absolute atomic E-state index is 13.7. The SMILES string of the molecule is COc1ccc2c(c1)OC(C)(C)[C@@H]1C[C@H]3CN(C(=O)[C@H](CC(C)C)NC(=O)OCc4ccccc4)CC[C@H]3O[C@@H]21. The number of fused-ring (bicyclic) bond motifs is 4. The van der Waals surface area contributed by atoms with Gasteiger partial charge in [0.25, 0.3) is 0 Å². The minimum Gasteiger partial charge on any atom is -0.497 e. The first kappa shape index (κ1) is 28.3. The molecule has 2 fully saturated rings. The number of carbonyl (C=O) groups excluding carboxylic acids is 2. The van der Waals surface area contributed by atoms with Gasteiger partial charge in [0.1, 0.15) is 29.7 Å². The van der Waals surface area contributed by atoms with Crippen LogP contribution in [0.3, 0.4) is 0 Å². The number of nitrogens with one attached hydrogen (secondary N) is 1. The second-order valence-electron chi connectivity index (χ2n) is 12.3. The first-order chi connectivity index (χ1) is 19.1. The third-order valence-corrected chi connectivity index (χ3v) is 8.52. The van der Waals surface area contributed by atoms with Gasteiger partial charge in [-0.05, 0) is 56.7 Å². The van der Waals surface area contributed by atoms with Gasteiger partial charge in [-0.2, -0.15) is 0 Å². The lowest BCUT2D eigenvalue weighted by atomic mass is 9.70. The van der Waals surface area contributed by atoms with Crippen LogP contribution in [0.5, 0.6) is 11.5 Å². The smallest absolute Gasteiger partial charge is 0.408 e. The van der Waals surface area contributed by atoms with E-state index in [0.29, 0.717) is 19.5 Å². The van der Waals surface area contributed by atoms with Crippen LogP contribution < -0.4 is 14.8 Å². The third kappa shape index (κ3) is 6.07. The molecule has 0 saturated carbocycles. The molecular formula is C32H42N2O6. The normalized spacial score (nSPS) is 25.5. The highest BCUT2D eigenvalue weighted by atomic mass is 16.5. The van der Waals surface area contributed by atoms with Crippen LogP contribution in [0.2, 0.25) is 0 Å². The van der Waals surface area contributed by atoms with Gasteiger partial charge in [0.05, 0.1) is 19.3 Å². The highest BCUT2D eigenvalue weighted by Gasteiger charge is 2.52. The molecule has 0 aromatic heterocycles. The predicted octanol–water partition coefficient (Wildman–Crippen LogP) is 5.50. The number of alkyl carbamates (subject to hydrolysis) is 1. The molecule has 2 aromatic carbocycles. The van der Waals surface area contributed by atoms with Crippen LogP contribution in [0.15, 0.2) is 48.5 Å². The second kappa shape index (κ2) is 11.7. The van der Waals surface area contributed by atoms with Crippen molar-refractivity contribution >= 4 is 12.0 Å². The van der Waals surface area contributed by atoms with Crippen molar-refractivity contribution in [1.82, 2.24) is 10.2 Å². The molecule has 2 aromatic rings. The molecule has 0 spiro atoms. The summed E-state index contributed by atoms with van der Waals surface area (Å²) in [5.41, 5.74) is 1.54. The molecule has 216 valence electrons. The molecule has 2 saturated heterocycles. The average molecular weight is 551 g/mol. The van der Waals surface area contributed by atoms with E-state index in [1.807, 2.05) is 47.4 Å². The summed E-state index contributed by atoms with van der Waals surface area (Å²) in [5, 5.41) is 2.85. The molecule has 2 amide bonds. The quantitative estimate of drug-likeness (QED) is 0.490. The lowest BCUT2D eigenvalue weighted by Gasteiger charge is -2.53. The Bertz CT molecular complexity index is 1200. The fraction of sp³-hybridized carbons (Fsp3) is 0.562. The zero-order valence-electron chi connectivity index (χ0n) is 24.2. The Morgan fingerprint density at radius 2 is 1.93 bits per heavy atom. The summed E-state index contributed by atoms with van der Waals surface area (Å²) in [6, 6.07) is 14.8. The van der Waals surface area contributed by atoms with Gasteiger partial charge in [-0.3, -0.25) is 4.79 Å². The molecule has 1 N–H and O–H groups in total. The Morgan fingerprint density at radius 3 is 2.65 bits per heavy atom. The third-order valence-electron chi connectivity index (χ3n) is 8.52. The summed E-state index contributed by atoms with van der Waals surface area (Å²) >= 11 is 0. The van der Waals surface area contributed by atoms with Gasteiger partial charge in [0, 0.05) is 36.6 Å². The van der Waals surface area contributed by atoms with Gasteiger partial charge in [-0.25, -0.2) is 4.79 Å². The van der Waals surface area contributed by atoms with E-state index in [2.05, 4.69) is 39.1 Å². The molecular weight excluding hydrogens is 508 g/mol. The number of piperidine rings is 1. The van der Waals surface area contributed by atoms with Gasteiger partial charge in [0.15, 0.2) is 0 Å². The van der Waals surface area contributed by atoms with Crippen LogP contribution in [0.25, 0.3) is 0 Å². The lowest BCUT2D eigenvalue weighted by Crippen LogP contribution is -2.58. The molecule has 8 heteroatoms. The van der Waals surface area contributed by atoms with Crippen LogP contribution in [0.4, 0.5) is 4.79 Å². The molecule has 3 aliphatic heterocycles. The van der Waals surface area contributed by atoms with Crippen molar-refractivity contribution in [2.75, 3.05) is 20.2 Å². The van der Waals surface area contributed by atoms with Crippen LogP contribution in [0, 0.1) is 17.8 Å². The van der Waals surface area contributed by atoms with Crippen molar-refractivity contribution in [2.24, 2.45) is 17.8 Å². The minimum absolute atomic E-state index is 0.0529. The largest absolute Gasteiger partial charge is 0.497 e. The van der Waals surface area contributed by atoms with Gasteiger partial charge in [-0.15, -0.1) is 0 Å². The molecule has 8 nitrogen and oxygen atoms in total. The Balaban J connectivity index is 1.25. The average Bonchev–Trinajstić information content (AvgIpc) is 2.94. The summed E-state index contributed by atoms with van der Waals surface area (Å²) in [6.45, 7) is 9.71. The molecule has 5 rings (SSSR count). The van der Waals surface area contributed by atoms with Crippen molar-refractivity contribution in [2.45, 2.75) is 77.4 Å². The number of rotatable bonds is 7. The zero-order chi connectivity index (χ0) is 28.4. The Kier molecular flexibility index (Phi) is 8.26. The van der Waals surface area contributed by atoms with Crippen LogP contribution in [-0.4, -0.2) is 54.8 Å². The van der Waals surface area contributed by atoms with E-state index >= 15 is 0 Å². The van der Waals surface area contributed by atoms with E-state index in [4.69, 9.17) is 18.9 Å². The van der Waals surface area contributed by atoms with E-state index in [9.17, 15) is 9.59 Å². The van der Waals surface area contributed by atoms with Gasteiger partial charge in [0.2, 0.25) is 5.91 Å². The first-order valence-electron chi connectivity index (χ1n) is 14.4. The van der Waals surface area contributed by atoms with Crippen LogP contribution in [0.1, 0.15) is 64.2 Å². The number of benzene rings is 2. The van der Waals surface area contributed by atoms with Crippen molar-refractivity contribution in [3.8, 4) is 11.5 Å². The van der Waals surface area contributed by atoms with E-state index in [1.165, 1.54) is 0 Å². The number of ether oxygens (including phenoxy) is 4. The Labute approximate surface area is 237 Å². The summed E-state index contributed by atoms with van der Waals surface area (Å²) in [7, 11) is 1.66. The van der Waals surface area contributed by atoms with Crippen molar-refractivity contribution in [3.05, 3.63) is 59.7 Å². The number of hydrogen-bond donors (Lipinski definition) is 1. The minimum atomic E-state index is -0.631. The maximum Gasteiger partial charge on any atom is 0.408 e. The molecule has 3 aliphatic rings. The first-order valence-corrected chi connectivity index (χ1v) is 14.4. The molecule has 40 heavy (non-hydrogen) atoms. The van der Waals surface area contributed by atoms with Gasteiger partial charge in [-0.1, -0.05) is 44.2 Å². The highest BCUT2D eigenvalue weighted by molar-refractivity contribution is 5.85. The summed E-state index contributed by atoms with van der Waals surface area (Å²) < 4.78 is 24.1. The Morgan fingerprint density at radius 1 is 1.15 bits per heavy atom. The number of hydrogen-bond acceptors (Lipinski definition) is 6. The number of carbonyl (C=O) groups is 2. The topological polar surface area (TPSA) is 86.3 Å². The highest BCUT2D eigenvalue weighted by Crippen LogP contribution is 2.53. The van der Waals surface area contributed by atoms with Crippen molar-refractivity contribution in [1.29, 1.82) is 0 Å². The maximum atomic E-state index is 13.7. The van der Waals surface area contributed by atoms with E-state index < -0.39 is 17.7 Å². The molecule has 5 atom stereocenters. The van der Waals surface area contributed by atoms with Gasteiger partial charge < -0.3 is 29.2 Å². The number of nitrogens with zero attached hydrogens (tertiary/aromatic N) is 1. The van der Waals surface area contributed by atoms with Crippen LogP contribution >= 0.6 is 0 Å². The summed E-state index contributed by atoms with van der Waals surface area (Å²) in [5.74, 6) is 2.12. The summed E-state index contributed by atoms with van der Waals surface area (Å²) in [6.07, 6.45) is 1.66. The monoisotopic (exact) mass is 550 g/mol. The molecule has 0 bridgehead atoms. The summed E-state index contributed by atoms with van der Waals surface area (Å²) in [4.78, 5) is 28.3. The molecule has 0 unspecified atom stereocenters. The second-order valence-corrected chi connectivity index (χ2v) is 12.3. The molecule has 3 heterocycles. The Hall–Kier alpha value is -3.26. The fourth-order valence-electron chi connectivity index (χ4n) is 6.43. The van der Waals surface area contributed by atoms with E-state index in [-0.39, 0.29) is 42.5 Å². The van der Waals surface area contributed by atoms with E-state index in [0.717, 1.165) is 35.5 Å². The predicted molar refractivity (Wildman–Crippen MR) is 151 cm³/mol. The van der Waals surface area contributed by atoms with Crippen LogP contribution in [-0.2, 0) is 20.9 Å². The molecule has 0 aliphatic carbocycles. The fourth-order valence-corrected chi connectivity index (χ4v) is 6.43. The van der Waals surface area contributed by atoms with E-state index in [1.54, 1.807) is 7.11 Å². The van der Waals surface area contributed by atoms with Crippen molar-refractivity contribution in [3.63, 3.8) is 0 Å². The van der Waals surface area contributed by atoms with Gasteiger partial charge >= 0.3 is 6.09 Å². The number of methoxy groups -OCH3 is 1. The number of likely N-dealkylation sites (tertiary alicyclic amines) is 1. The standard InChI is InChI=1S/C32H42N2O6/c1-20(2)15-26(33-31(36)38-19-21-9-7-6-8-10-21)30(35)34-14-13-27-22(18-34)16-25-29(39-27)24-12-11-23(37-5)17-28(24)40-32(25,3)4/h6-12,17,20,22,25-27,29H,13-16,18-19H2,1-5H3,(H,33,36)/t22-,25+,26-,27+,29-/m0/s1. The zero-order valence-corrected chi connectivity index (χ0v) is 24.2. The molecule has 0 radical (unpaired) electrons.